The van der Waals surface area contributed by atoms with E-state index >= 15 is 0 Å². The average Bonchev–Trinajstić information content (AvgIpc) is 3.40. The Morgan fingerprint density at radius 2 is 0.487 bits per heavy atom. The second kappa shape index (κ2) is 18.9. The van der Waals surface area contributed by atoms with Gasteiger partial charge in [-0.25, -0.2) is 20.0 Å². The summed E-state index contributed by atoms with van der Waals surface area (Å²) in [5.74, 6) is 0.728. The number of aryl methyl sites for hydroxylation is 4. The fourth-order valence-corrected chi connectivity index (χ4v) is 12.2. The van der Waals surface area contributed by atoms with Gasteiger partial charge >= 0.3 is 0 Å². The molecule has 76 heavy (non-hydrogen) atoms. The maximum atomic E-state index is 5.96. The molecule has 12 aromatic rings. The summed E-state index contributed by atoms with van der Waals surface area (Å²) >= 11 is 0. The van der Waals surface area contributed by atoms with Gasteiger partial charge in [0.15, 0.2) is 0 Å². The Morgan fingerprint density at radius 3 is 0.724 bits per heavy atom. The number of para-hydroxylation sites is 2. The topological polar surface area (TPSA) is 49.4 Å². The van der Waals surface area contributed by atoms with Crippen molar-refractivity contribution in [2.75, 3.05) is 0 Å². The van der Waals surface area contributed by atoms with Crippen molar-refractivity contribution in [3.63, 3.8) is 0 Å². The minimum Gasteiger partial charge on any atom is -0.246 e. The zero-order valence-electron chi connectivity index (χ0n) is 46.1. The molecule has 12 aromatic carbocycles. The minimum atomic E-state index is 0.182. The number of nitrogens with zero attached hydrogens (tertiary/aromatic N) is 4. The molecule has 0 aliphatic carbocycles. The maximum Gasteiger partial charge on any atom is 0.0979 e. The van der Waals surface area contributed by atoms with Crippen LogP contribution in [0.2, 0.25) is 0 Å². The van der Waals surface area contributed by atoms with E-state index in [1.165, 1.54) is 76.5 Å². The molecule has 4 heteroatoms. The van der Waals surface area contributed by atoms with Gasteiger partial charge in [-0.15, -0.1) is 0 Å². The van der Waals surface area contributed by atoms with E-state index in [1.54, 1.807) is 0 Å². The molecule has 0 spiro atoms. The SMILES string of the molecule is Cc1cccc(C)c1N=c1c(=Nc2c(C(C)C)cc(-c3cc(C(C)C)c(N=c4c(=Nc5c(C)cccc5C)c5cccc6ccc7cccc4c7c65)c(C(C)C)c3)cc2C(C)C)c2cccc3ccc4cccc1c4c32. The monoisotopic (exact) mass is 987 g/mol. The third kappa shape index (κ3) is 8.04. The zero-order valence-corrected chi connectivity index (χ0v) is 46.1. The summed E-state index contributed by atoms with van der Waals surface area (Å²) in [5.41, 5.74) is 16.0. The number of hydrogen-bond donors (Lipinski definition) is 0. The highest BCUT2D eigenvalue weighted by molar-refractivity contribution is 6.24. The molecule has 0 amide bonds. The van der Waals surface area contributed by atoms with E-state index in [1.807, 2.05) is 0 Å². The Bertz CT molecular complexity index is 4180. The third-order valence-electron chi connectivity index (χ3n) is 16.2. The van der Waals surface area contributed by atoms with Crippen LogP contribution in [-0.2, 0) is 0 Å². The number of hydrogen-bond acceptors (Lipinski definition) is 4. The van der Waals surface area contributed by atoms with E-state index in [2.05, 4.69) is 241 Å². The number of rotatable bonds is 9. The second-order valence-electron chi connectivity index (χ2n) is 22.7. The summed E-state index contributed by atoms with van der Waals surface area (Å²) in [4.78, 5) is 23.2. The Hall–Kier alpha value is -8.08. The molecule has 0 saturated carbocycles. The van der Waals surface area contributed by atoms with E-state index < -0.39 is 0 Å². The van der Waals surface area contributed by atoms with Crippen molar-refractivity contribution in [1.82, 2.24) is 0 Å². The van der Waals surface area contributed by atoms with Gasteiger partial charge in [-0.1, -0.05) is 189 Å². The van der Waals surface area contributed by atoms with Gasteiger partial charge in [-0.2, -0.15) is 0 Å². The first-order chi connectivity index (χ1) is 36.7. The van der Waals surface area contributed by atoms with Gasteiger partial charge in [0.1, 0.15) is 0 Å². The summed E-state index contributed by atoms with van der Waals surface area (Å²) in [6, 6.07) is 58.3. The highest BCUT2D eigenvalue weighted by atomic mass is 14.8. The van der Waals surface area contributed by atoms with Gasteiger partial charge in [0.05, 0.1) is 44.2 Å². The highest BCUT2D eigenvalue weighted by Gasteiger charge is 2.23. The van der Waals surface area contributed by atoms with E-state index in [0.29, 0.717) is 0 Å². The standard InChI is InChI=1S/C72H66N4/c1-39(2)57-35-51(36-58(40(3)4)67(57)75-71-55-29-17-25-49-33-31-47-23-15-27-53(61(47)63(49)55)69(71)73-65-43(9)19-13-20-44(65)10)52-37-59(41(5)6)68(60(38-52)42(7)8)76-72-56-30-18-26-50-34-32-48-24-16-28-54(62(48)64(50)56)70(72)74-66-45(11)21-14-22-46(66)12/h13-42H,1-12H3. The van der Waals surface area contributed by atoms with E-state index in [4.69, 9.17) is 20.0 Å². The molecule has 0 fully saturated rings. The van der Waals surface area contributed by atoms with Crippen LogP contribution in [0, 0.1) is 27.7 Å². The molecular weight excluding hydrogens is 921 g/mol. The summed E-state index contributed by atoms with van der Waals surface area (Å²) in [6.45, 7) is 27.2. The van der Waals surface area contributed by atoms with Crippen molar-refractivity contribution in [1.29, 1.82) is 0 Å². The van der Waals surface area contributed by atoms with Gasteiger partial charge in [0, 0.05) is 21.5 Å². The van der Waals surface area contributed by atoms with Crippen LogP contribution in [0.1, 0.15) is 124 Å². The molecule has 0 aliphatic rings. The molecular formula is C72H66N4. The van der Waals surface area contributed by atoms with Crippen molar-refractivity contribution in [2.45, 2.75) is 107 Å². The molecule has 0 saturated heterocycles. The van der Waals surface area contributed by atoms with Crippen LogP contribution in [0.25, 0.3) is 75.8 Å². The quantitative estimate of drug-likeness (QED) is 0.129. The summed E-state index contributed by atoms with van der Waals surface area (Å²) < 4.78 is 0. The Morgan fingerprint density at radius 1 is 0.263 bits per heavy atom. The second-order valence-corrected chi connectivity index (χ2v) is 22.7. The maximum absolute atomic E-state index is 5.96. The predicted octanol–water partition coefficient (Wildman–Crippen LogP) is 18.7. The Balaban J connectivity index is 1.15. The molecule has 0 atom stereocenters. The van der Waals surface area contributed by atoms with E-state index in [9.17, 15) is 0 Å². The lowest BCUT2D eigenvalue weighted by Gasteiger charge is -2.22. The van der Waals surface area contributed by atoms with E-state index in [0.717, 1.165) is 88.0 Å². The molecule has 0 aromatic heterocycles. The molecule has 0 aliphatic heterocycles. The number of benzene rings is 12. The lowest BCUT2D eigenvalue weighted by atomic mass is 9.85. The van der Waals surface area contributed by atoms with Crippen LogP contribution < -0.4 is 21.4 Å². The van der Waals surface area contributed by atoms with Crippen LogP contribution in [0.5, 0.6) is 0 Å². The first-order valence-electron chi connectivity index (χ1n) is 27.4. The largest absolute Gasteiger partial charge is 0.246 e. The zero-order chi connectivity index (χ0) is 52.8. The van der Waals surface area contributed by atoms with Crippen LogP contribution in [0.4, 0.5) is 22.7 Å². The average molecular weight is 987 g/mol. The summed E-state index contributed by atoms with van der Waals surface area (Å²) in [5, 5.41) is 18.0. The Kier molecular flexibility index (Phi) is 12.2. The van der Waals surface area contributed by atoms with Crippen molar-refractivity contribution in [3.8, 4) is 11.1 Å². The van der Waals surface area contributed by atoms with Crippen LogP contribution in [0.15, 0.2) is 178 Å². The third-order valence-corrected chi connectivity index (χ3v) is 16.2. The summed E-state index contributed by atoms with van der Waals surface area (Å²) in [7, 11) is 0. The normalized spacial score (nSPS) is 13.5. The van der Waals surface area contributed by atoms with Crippen molar-refractivity contribution < 1.29 is 0 Å². The lowest BCUT2D eigenvalue weighted by molar-refractivity contribution is 0.829. The van der Waals surface area contributed by atoms with Crippen molar-refractivity contribution in [2.24, 2.45) is 20.0 Å². The summed E-state index contributed by atoms with van der Waals surface area (Å²) in [6.07, 6.45) is 0. The van der Waals surface area contributed by atoms with Gasteiger partial charge in [-0.3, -0.25) is 0 Å². The molecule has 0 radical (unpaired) electrons. The molecule has 0 unspecified atom stereocenters. The molecule has 12 rings (SSSR count). The Labute approximate surface area is 446 Å². The molecule has 4 nitrogen and oxygen atoms in total. The molecule has 0 N–H and O–H groups in total. The molecule has 0 heterocycles. The van der Waals surface area contributed by atoms with Gasteiger partial charge in [0.2, 0.25) is 0 Å². The van der Waals surface area contributed by atoms with Crippen LogP contribution in [0.3, 0.4) is 0 Å². The minimum absolute atomic E-state index is 0.182. The van der Waals surface area contributed by atoms with Crippen molar-refractivity contribution >= 4 is 87.4 Å². The smallest absolute Gasteiger partial charge is 0.0979 e. The first kappa shape index (κ1) is 48.8. The molecule has 0 bridgehead atoms. The van der Waals surface area contributed by atoms with Crippen molar-refractivity contribution in [3.05, 3.63) is 224 Å². The van der Waals surface area contributed by atoms with Gasteiger partial charge < -0.3 is 0 Å². The first-order valence-corrected chi connectivity index (χ1v) is 27.4. The van der Waals surface area contributed by atoms with Crippen LogP contribution >= 0.6 is 0 Å². The van der Waals surface area contributed by atoms with Gasteiger partial charge in [-0.05, 0) is 174 Å². The van der Waals surface area contributed by atoms with Gasteiger partial charge in [0.25, 0.3) is 0 Å². The molecule has 374 valence electrons. The fourth-order valence-electron chi connectivity index (χ4n) is 12.2. The fraction of sp³-hybridized carbons (Fsp3) is 0.222. The van der Waals surface area contributed by atoms with Crippen LogP contribution in [-0.4, -0.2) is 0 Å². The van der Waals surface area contributed by atoms with E-state index in [-0.39, 0.29) is 23.7 Å². The predicted molar refractivity (Wildman–Crippen MR) is 324 cm³/mol. The highest BCUT2D eigenvalue weighted by Crippen LogP contribution is 2.44. The lowest BCUT2D eigenvalue weighted by Crippen LogP contribution is -2.27.